The van der Waals surface area contributed by atoms with Gasteiger partial charge < -0.3 is 5.32 Å². The van der Waals surface area contributed by atoms with E-state index in [9.17, 15) is 4.79 Å². The van der Waals surface area contributed by atoms with Gasteiger partial charge in [-0.1, -0.05) is 29.3 Å². The number of nitrogens with one attached hydrogen (secondary N) is 1. The average molecular weight is 325 g/mol. The minimum absolute atomic E-state index is 0.151. The van der Waals surface area contributed by atoms with Gasteiger partial charge in [0.15, 0.2) is 0 Å². The molecule has 0 unspecified atom stereocenters. The molecule has 2 aromatic rings. The van der Waals surface area contributed by atoms with Crippen molar-refractivity contribution in [2.45, 2.75) is 6.92 Å². The molecular weight excluding hydrogens is 314 g/mol. The fraction of sp³-hybridized carbons (Fsp3) is 0.0714. The van der Waals surface area contributed by atoms with E-state index >= 15 is 0 Å². The molecule has 0 aliphatic carbocycles. The molecule has 0 aromatic heterocycles. The van der Waals surface area contributed by atoms with Gasteiger partial charge in [-0.25, -0.2) is 0 Å². The van der Waals surface area contributed by atoms with E-state index in [4.69, 9.17) is 11.6 Å². The van der Waals surface area contributed by atoms with Gasteiger partial charge in [0.05, 0.1) is 5.69 Å². The van der Waals surface area contributed by atoms with E-state index in [1.165, 1.54) is 0 Å². The number of carbonyl (C=O) groups is 1. The monoisotopic (exact) mass is 323 g/mol. The lowest BCUT2D eigenvalue weighted by molar-refractivity contribution is 0.102. The highest BCUT2D eigenvalue weighted by atomic mass is 79.9. The molecule has 0 heterocycles. The van der Waals surface area contributed by atoms with Gasteiger partial charge in [0, 0.05) is 15.1 Å². The SMILES string of the molecule is Cc1cccc(C(=O)Nc2cc(Cl)ccc2Br)c1. The van der Waals surface area contributed by atoms with E-state index in [2.05, 4.69) is 21.2 Å². The van der Waals surface area contributed by atoms with E-state index in [0.29, 0.717) is 16.3 Å². The molecule has 4 heteroatoms. The summed E-state index contributed by atoms with van der Waals surface area (Å²) in [4.78, 5) is 12.1. The van der Waals surface area contributed by atoms with Crippen molar-refractivity contribution in [3.05, 3.63) is 63.1 Å². The number of halogens is 2. The second-order valence-electron chi connectivity index (χ2n) is 3.95. The molecule has 0 fully saturated rings. The van der Waals surface area contributed by atoms with Crippen molar-refractivity contribution >= 4 is 39.1 Å². The van der Waals surface area contributed by atoms with E-state index in [1.807, 2.05) is 25.1 Å². The molecule has 1 N–H and O–H groups in total. The third kappa shape index (κ3) is 3.12. The Morgan fingerprint density at radius 1 is 1.22 bits per heavy atom. The quantitative estimate of drug-likeness (QED) is 0.855. The molecule has 2 rings (SSSR count). The van der Waals surface area contributed by atoms with Crippen LogP contribution in [-0.2, 0) is 0 Å². The Kier molecular flexibility index (Phi) is 4.04. The summed E-state index contributed by atoms with van der Waals surface area (Å²) in [7, 11) is 0. The lowest BCUT2D eigenvalue weighted by Crippen LogP contribution is -2.12. The summed E-state index contributed by atoms with van der Waals surface area (Å²) in [5.74, 6) is -0.151. The fourth-order valence-corrected chi connectivity index (χ4v) is 2.09. The molecule has 2 nitrogen and oxygen atoms in total. The van der Waals surface area contributed by atoms with Crippen LogP contribution in [0.2, 0.25) is 5.02 Å². The molecule has 1 amide bonds. The highest BCUT2D eigenvalue weighted by Gasteiger charge is 2.08. The molecule has 0 spiro atoms. The molecule has 0 saturated carbocycles. The van der Waals surface area contributed by atoms with Crippen molar-refractivity contribution in [2.24, 2.45) is 0 Å². The van der Waals surface area contributed by atoms with Crippen LogP contribution in [0.1, 0.15) is 15.9 Å². The molecule has 92 valence electrons. The molecule has 0 atom stereocenters. The van der Waals surface area contributed by atoms with Crippen LogP contribution in [0.4, 0.5) is 5.69 Å². The maximum atomic E-state index is 12.1. The van der Waals surface area contributed by atoms with Gasteiger partial charge in [0.2, 0.25) is 0 Å². The number of benzene rings is 2. The molecule has 0 bridgehead atoms. The minimum atomic E-state index is -0.151. The van der Waals surface area contributed by atoms with E-state index in [1.54, 1.807) is 24.3 Å². The van der Waals surface area contributed by atoms with Crippen LogP contribution in [0.5, 0.6) is 0 Å². The Morgan fingerprint density at radius 2 is 2.00 bits per heavy atom. The number of anilines is 1. The summed E-state index contributed by atoms with van der Waals surface area (Å²) in [6.45, 7) is 1.95. The Balaban J connectivity index is 2.24. The van der Waals surface area contributed by atoms with Gasteiger partial charge in [-0.05, 0) is 53.2 Å². The number of amides is 1. The predicted molar refractivity (Wildman–Crippen MR) is 78.3 cm³/mol. The Morgan fingerprint density at radius 3 is 2.72 bits per heavy atom. The van der Waals surface area contributed by atoms with Crippen LogP contribution in [0.3, 0.4) is 0 Å². The summed E-state index contributed by atoms with van der Waals surface area (Å²) in [5, 5.41) is 3.41. The number of carbonyl (C=O) groups excluding carboxylic acids is 1. The molecule has 0 saturated heterocycles. The van der Waals surface area contributed by atoms with E-state index in [-0.39, 0.29) is 5.91 Å². The molecular formula is C14H11BrClNO. The summed E-state index contributed by atoms with van der Waals surface area (Å²) in [6.07, 6.45) is 0. The largest absolute Gasteiger partial charge is 0.321 e. The second kappa shape index (κ2) is 5.55. The topological polar surface area (TPSA) is 29.1 Å². The van der Waals surface area contributed by atoms with Crippen molar-refractivity contribution in [1.82, 2.24) is 0 Å². The van der Waals surface area contributed by atoms with E-state index in [0.717, 1.165) is 10.0 Å². The smallest absolute Gasteiger partial charge is 0.255 e. The third-order valence-electron chi connectivity index (χ3n) is 2.46. The number of rotatable bonds is 2. The van der Waals surface area contributed by atoms with Crippen molar-refractivity contribution in [2.75, 3.05) is 5.32 Å². The van der Waals surface area contributed by atoms with Gasteiger partial charge in [-0.2, -0.15) is 0 Å². The maximum Gasteiger partial charge on any atom is 0.255 e. The zero-order chi connectivity index (χ0) is 13.1. The maximum absolute atomic E-state index is 12.1. The van der Waals surface area contributed by atoms with Crippen LogP contribution in [-0.4, -0.2) is 5.91 Å². The summed E-state index contributed by atoms with van der Waals surface area (Å²) in [6, 6.07) is 12.7. The number of hydrogen-bond donors (Lipinski definition) is 1. The highest BCUT2D eigenvalue weighted by molar-refractivity contribution is 9.10. The first-order valence-electron chi connectivity index (χ1n) is 5.39. The summed E-state index contributed by atoms with van der Waals surface area (Å²) >= 11 is 9.27. The lowest BCUT2D eigenvalue weighted by atomic mass is 10.1. The molecule has 0 radical (unpaired) electrons. The minimum Gasteiger partial charge on any atom is -0.321 e. The van der Waals surface area contributed by atoms with Gasteiger partial charge >= 0.3 is 0 Å². The summed E-state index contributed by atoms with van der Waals surface area (Å²) in [5.41, 5.74) is 2.34. The molecule has 0 aliphatic rings. The normalized spacial score (nSPS) is 10.2. The second-order valence-corrected chi connectivity index (χ2v) is 5.24. The average Bonchev–Trinajstić information content (AvgIpc) is 2.34. The molecule has 2 aromatic carbocycles. The van der Waals surface area contributed by atoms with Crippen LogP contribution in [0.25, 0.3) is 0 Å². The van der Waals surface area contributed by atoms with Crippen LogP contribution >= 0.6 is 27.5 Å². The van der Waals surface area contributed by atoms with Gasteiger partial charge in [0.1, 0.15) is 0 Å². The highest BCUT2D eigenvalue weighted by Crippen LogP contribution is 2.26. The first kappa shape index (κ1) is 13.1. The van der Waals surface area contributed by atoms with Crippen molar-refractivity contribution in [3.8, 4) is 0 Å². The predicted octanol–water partition coefficient (Wildman–Crippen LogP) is 4.66. The van der Waals surface area contributed by atoms with Crippen LogP contribution < -0.4 is 5.32 Å². The summed E-state index contributed by atoms with van der Waals surface area (Å²) < 4.78 is 0.799. The van der Waals surface area contributed by atoms with Crippen LogP contribution in [0.15, 0.2) is 46.9 Å². The zero-order valence-electron chi connectivity index (χ0n) is 9.71. The number of aryl methyl sites for hydroxylation is 1. The van der Waals surface area contributed by atoms with Crippen molar-refractivity contribution < 1.29 is 4.79 Å². The number of hydrogen-bond acceptors (Lipinski definition) is 1. The van der Waals surface area contributed by atoms with Crippen molar-refractivity contribution in [1.29, 1.82) is 0 Å². The van der Waals surface area contributed by atoms with Gasteiger partial charge in [-0.15, -0.1) is 0 Å². The van der Waals surface area contributed by atoms with Crippen molar-refractivity contribution in [3.63, 3.8) is 0 Å². The first-order chi connectivity index (χ1) is 8.56. The van der Waals surface area contributed by atoms with Gasteiger partial charge in [-0.3, -0.25) is 4.79 Å². The van der Waals surface area contributed by atoms with Gasteiger partial charge in [0.25, 0.3) is 5.91 Å². The van der Waals surface area contributed by atoms with E-state index < -0.39 is 0 Å². The molecule has 18 heavy (non-hydrogen) atoms. The standard InChI is InChI=1S/C14H11BrClNO/c1-9-3-2-4-10(7-9)14(18)17-13-8-11(16)5-6-12(13)15/h2-8H,1H3,(H,17,18). The third-order valence-corrected chi connectivity index (χ3v) is 3.38. The van der Waals surface area contributed by atoms with Crippen LogP contribution in [0, 0.1) is 6.92 Å². The Hall–Kier alpha value is -1.32. The zero-order valence-corrected chi connectivity index (χ0v) is 12.0. The Labute approximate surface area is 119 Å². The first-order valence-corrected chi connectivity index (χ1v) is 6.56. The Bertz CT molecular complexity index is 598. The fourth-order valence-electron chi connectivity index (χ4n) is 1.57. The molecule has 0 aliphatic heterocycles. The lowest BCUT2D eigenvalue weighted by Gasteiger charge is -2.08.